The van der Waals surface area contributed by atoms with Crippen LogP contribution in [0.5, 0.6) is 5.88 Å². The van der Waals surface area contributed by atoms with Gasteiger partial charge in [0.1, 0.15) is 16.9 Å². The average molecular weight is 299 g/mol. The van der Waals surface area contributed by atoms with Crippen LogP contribution in [0.4, 0.5) is 4.79 Å². The average Bonchev–Trinajstić information content (AvgIpc) is 2.44. The van der Waals surface area contributed by atoms with Crippen molar-refractivity contribution in [1.29, 1.82) is 0 Å². The van der Waals surface area contributed by atoms with Crippen LogP contribution in [0, 0.1) is 0 Å². The molecule has 1 aliphatic heterocycles. The van der Waals surface area contributed by atoms with Crippen molar-refractivity contribution in [2.75, 3.05) is 6.54 Å². The van der Waals surface area contributed by atoms with Crippen molar-refractivity contribution in [3.05, 3.63) is 22.8 Å². The van der Waals surface area contributed by atoms with E-state index in [1.54, 1.807) is 11.0 Å². The van der Waals surface area contributed by atoms with Gasteiger partial charge in [-0.25, -0.2) is 9.78 Å². The maximum atomic E-state index is 12.2. The van der Waals surface area contributed by atoms with Gasteiger partial charge in [0.2, 0.25) is 5.88 Å². The predicted octanol–water partition coefficient (Wildman–Crippen LogP) is 3.25. The minimum atomic E-state index is -0.519. The number of hydrogen-bond donors (Lipinski definition) is 0. The lowest BCUT2D eigenvalue weighted by atomic mass is 10.2. The Morgan fingerprint density at radius 2 is 2.20 bits per heavy atom. The molecule has 1 amide bonds. The molecule has 0 aromatic carbocycles. The summed E-state index contributed by atoms with van der Waals surface area (Å²) in [5.41, 5.74) is 0.304. The van der Waals surface area contributed by atoms with E-state index in [0.29, 0.717) is 24.1 Å². The van der Waals surface area contributed by atoms with Crippen LogP contribution in [0.25, 0.3) is 0 Å². The van der Waals surface area contributed by atoms with E-state index >= 15 is 0 Å². The van der Waals surface area contributed by atoms with Gasteiger partial charge in [0.05, 0.1) is 13.1 Å². The van der Waals surface area contributed by atoms with Crippen molar-refractivity contribution in [2.45, 2.75) is 45.9 Å². The topological polar surface area (TPSA) is 51.7 Å². The molecule has 1 aromatic heterocycles. The van der Waals surface area contributed by atoms with Crippen LogP contribution < -0.4 is 4.74 Å². The van der Waals surface area contributed by atoms with E-state index in [4.69, 9.17) is 21.1 Å². The third kappa shape index (κ3) is 3.76. The fraction of sp³-hybridized carbons (Fsp3) is 0.571. The van der Waals surface area contributed by atoms with Gasteiger partial charge in [-0.1, -0.05) is 11.6 Å². The van der Waals surface area contributed by atoms with Crippen molar-refractivity contribution in [3.8, 4) is 5.88 Å². The Hall–Kier alpha value is -1.49. The zero-order chi connectivity index (χ0) is 14.9. The lowest BCUT2D eigenvalue weighted by molar-refractivity contribution is 0.0187. The van der Waals surface area contributed by atoms with Crippen LogP contribution in [-0.2, 0) is 11.3 Å². The quantitative estimate of drug-likeness (QED) is 0.690. The number of carbonyl (C=O) groups excluding carboxylic acids is 1. The standard InChI is InChI=1S/C14H19ClN2O3/c1-9-7-17(13(18)20-14(2,3)4)8-10-5-6-11(15)16-12(10)19-9/h5-6,9H,7-8H2,1-4H3/t9-/m0/s1. The number of ether oxygens (including phenoxy) is 2. The van der Waals surface area contributed by atoms with Crippen LogP contribution in [0.3, 0.4) is 0 Å². The summed E-state index contributed by atoms with van der Waals surface area (Å²) in [5, 5.41) is 0.377. The molecule has 0 unspecified atom stereocenters. The van der Waals surface area contributed by atoms with E-state index in [9.17, 15) is 4.79 Å². The number of nitrogens with zero attached hydrogens (tertiary/aromatic N) is 2. The first-order valence-electron chi connectivity index (χ1n) is 6.54. The van der Waals surface area contributed by atoms with E-state index in [1.807, 2.05) is 33.8 Å². The molecule has 0 fully saturated rings. The molecule has 1 atom stereocenters. The molecule has 2 heterocycles. The van der Waals surface area contributed by atoms with Crippen LogP contribution in [0.1, 0.15) is 33.3 Å². The van der Waals surface area contributed by atoms with Crippen LogP contribution in [-0.4, -0.2) is 34.2 Å². The van der Waals surface area contributed by atoms with Gasteiger partial charge >= 0.3 is 6.09 Å². The van der Waals surface area contributed by atoms with E-state index in [2.05, 4.69) is 4.98 Å². The molecule has 2 rings (SSSR count). The monoisotopic (exact) mass is 298 g/mol. The molecule has 0 saturated carbocycles. The molecule has 5 nitrogen and oxygen atoms in total. The van der Waals surface area contributed by atoms with E-state index < -0.39 is 5.60 Å². The number of pyridine rings is 1. The molecule has 20 heavy (non-hydrogen) atoms. The summed E-state index contributed by atoms with van der Waals surface area (Å²) in [7, 11) is 0. The Bertz CT molecular complexity index is 514. The highest BCUT2D eigenvalue weighted by molar-refractivity contribution is 6.29. The van der Waals surface area contributed by atoms with Crippen molar-refractivity contribution in [1.82, 2.24) is 9.88 Å². The van der Waals surface area contributed by atoms with Gasteiger partial charge < -0.3 is 9.47 Å². The van der Waals surface area contributed by atoms with Crippen molar-refractivity contribution in [2.24, 2.45) is 0 Å². The van der Waals surface area contributed by atoms with Gasteiger partial charge in [-0.05, 0) is 39.8 Å². The van der Waals surface area contributed by atoms with Gasteiger partial charge in [0.15, 0.2) is 0 Å². The fourth-order valence-corrected chi connectivity index (χ4v) is 2.08. The second kappa shape index (κ2) is 5.48. The van der Waals surface area contributed by atoms with Crippen LogP contribution in [0.2, 0.25) is 5.15 Å². The minimum absolute atomic E-state index is 0.172. The van der Waals surface area contributed by atoms with Crippen molar-refractivity contribution >= 4 is 17.7 Å². The molecular formula is C14H19ClN2O3. The second-order valence-electron chi connectivity index (χ2n) is 5.89. The molecule has 1 aliphatic rings. The highest BCUT2D eigenvalue weighted by atomic mass is 35.5. The first kappa shape index (κ1) is 14.9. The molecule has 1 aromatic rings. The summed E-state index contributed by atoms with van der Waals surface area (Å²) >= 11 is 5.87. The molecule has 0 aliphatic carbocycles. The zero-order valence-corrected chi connectivity index (χ0v) is 12.9. The van der Waals surface area contributed by atoms with Gasteiger partial charge in [0, 0.05) is 5.56 Å². The summed E-state index contributed by atoms with van der Waals surface area (Å²) in [6, 6.07) is 3.51. The van der Waals surface area contributed by atoms with Gasteiger partial charge in [0.25, 0.3) is 0 Å². The third-order valence-corrected chi connectivity index (χ3v) is 2.92. The highest BCUT2D eigenvalue weighted by Crippen LogP contribution is 2.25. The summed E-state index contributed by atoms with van der Waals surface area (Å²) in [6.07, 6.45) is -0.523. The molecule has 0 bridgehead atoms. The fourth-order valence-electron chi connectivity index (χ4n) is 1.94. The first-order valence-corrected chi connectivity index (χ1v) is 6.92. The number of rotatable bonds is 0. The van der Waals surface area contributed by atoms with E-state index in [1.165, 1.54) is 0 Å². The summed E-state index contributed by atoms with van der Waals surface area (Å²) < 4.78 is 11.1. The Balaban J connectivity index is 2.21. The lowest BCUT2D eigenvalue weighted by Crippen LogP contribution is -2.39. The number of carbonyl (C=O) groups is 1. The number of aromatic nitrogens is 1. The Kier molecular flexibility index (Phi) is 4.09. The first-order chi connectivity index (χ1) is 9.24. The largest absolute Gasteiger partial charge is 0.472 e. The molecule has 0 N–H and O–H groups in total. The maximum Gasteiger partial charge on any atom is 0.410 e. The number of halogens is 1. The smallest absolute Gasteiger partial charge is 0.410 e. The Morgan fingerprint density at radius 1 is 1.50 bits per heavy atom. The van der Waals surface area contributed by atoms with Crippen LogP contribution in [0.15, 0.2) is 12.1 Å². The van der Waals surface area contributed by atoms with E-state index in [0.717, 1.165) is 5.56 Å². The molecule has 110 valence electrons. The van der Waals surface area contributed by atoms with Crippen LogP contribution >= 0.6 is 11.6 Å². The molecule has 6 heteroatoms. The Labute approximate surface area is 123 Å². The number of fused-ring (bicyclic) bond motifs is 1. The second-order valence-corrected chi connectivity index (χ2v) is 6.27. The number of amides is 1. The Morgan fingerprint density at radius 3 is 2.85 bits per heavy atom. The summed E-state index contributed by atoms with van der Waals surface area (Å²) in [5.74, 6) is 0.482. The summed E-state index contributed by atoms with van der Waals surface area (Å²) in [4.78, 5) is 18.0. The van der Waals surface area contributed by atoms with Gasteiger partial charge in [-0.15, -0.1) is 0 Å². The van der Waals surface area contributed by atoms with E-state index in [-0.39, 0.29) is 12.2 Å². The predicted molar refractivity (Wildman–Crippen MR) is 76.0 cm³/mol. The maximum absolute atomic E-state index is 12.2. The lowest BCUT2D eigenvalue weighted by Gasteiger charge is -2.27. The highest BCUT2D eigenvalue weighted by Gasteiger charge is 2.28. The van der Waals surface area contributed by atoms with Gasteiger partial charge in [-0.3, -0.25) is 4.90 Å². The van der Waals surface area contributed by atoms with Crippen molar-refractivity contribution < 1.29 is 14.3 Å². The normalized spacial score (nSPS) is 18.9. The molecule has 0 radical (unpaired) electrons. The zero-order valence-electron chi connectivity index (χ0n) is 12.1. The van der Waals surface area contributed by atoms with Gasteiger partial charge in [-0.2, -0.15) is 0 Å². The number of hydrogen-bond acceptors (Lipinski definition) is 4. The third-order valence-electron chi connectivity index (χ3n) is 2.71. The molecule has 0 saturated heterocycles. The SMILES string of the molecule is C[C@H]1CN(C(=O)OC(C)(C)C)Cc2ccc(Cl)nc2O1. The summed E-state index contributed by atoms with van der Waals surface area (Å²) in [6.45, 7) is 8.27. The van der Waals surface area contributed by atoms with Crippen molar-refractivity contribution in [3.63, 3.8) is 0 Å². The molecule has 0 spiro atoms. The minimum Gasteiger partial charge on any atom is -0.472 e. The molecular weight excluding hydrogens is 280 g/mol.